The summed E-state index contributed by atoms with van der Waals surface area (Å²) in [5, 5.41) is 59.9. The molecule has 2 aliphatic carbocycles. The summed E-state index contributed by atoms with van der Waals surface area (Å²) in [6.07, 6.45) is -2.03. The highest BCUT2D eigenvalue weighted by Crippen LogP contribution is 2.43. The fourth-order valence-corrected chi connectivity index (χ4v) is 5.66. The molecule has 10 atom stereocenters. The van der Waals surface area contributed by atoms with Gasteiger partial charge in [-0.3, -0.25) is 0 Å². The van der Waals surface area contributed by atoms with Gasteiger partial charge in [0, 0.05) is 0 Å². The molecule has 4 rings (SSSR count). The molecule has 0 aromatic heterocycles. The predicted octanol–water partition coefficient (Wildman–Crippen LogP) is -0.959. The monoisotopic (exact) mass is 432 g/mol. The molecule has 2 aliphatic heterocycles. The first-order valence-electron chi connectivity index (χ1n) is 11.3. The van der Waals surface area contributed by atoms with E-state index in [0.717, 1.165) is 25.7 Å². The Balaban J connectivity index is 1.49. The molecular formula is C21H36O9. The van der Waals surface area contributed by atoms with Crippen molar-refractivity contribution in [2.75, 3.05) is 6.61 Å². The average molecular weight is 433 g/mol. The van der Waals surface area contributed by atoms with Crippen LogP contribution in [0.3, 0.4) is 0 Å². The second-order valence-electron chi connectivity index (χ2n) is 9.54. The molecule has 30 heavy (non-hydrogen) atoms. The Morgan fingerprint density at radius 3 is 2.07 bits per heavy atom. The summed E-state index contributed by atoms with van der Waals surface area (Å²) < 4.78 is 18.2. The van der Waals surface area contributed by atoms with E-state index in [1.807, 2.05) is 0 Å². The van der Waals surface area contributed by atoms with Crippen LogP contribution in [-0.2, 0) is 14.2 Å². The van der Waals surface area contributed by atoms with E-state index in [0.29, 0.717) is 25.7 Å². The SMILES string of the molecule is OC[C@@H]1O[C@H](OC2CC3CCC(O)CC3OC2C2CCC(O)CC2)[C@@H](O)[C@H](O)[C@H]1O. The van der Waals surface area contributed by atoms with E-state index in [2.05, 4.69) is 0 Å². The highest BCUT2D eigenvalue weighted by molar-refractivity contribution is 4.95. The lowest BCUT2D eigenvalue weighted by Crippen LogP contribution is -2.61. The van der Waals surface area contributed by atoms with Crippen LogP contribution < -0.4 is 0 Å². The van der Waals surface area contributed by atoms with E-state index in [4.69, 9.17) is 14.2 Å². The minimum atomic E-state index is -1.48. The standard InChI is InChI=1S/C21H36O9/c22-9-16-17(25)18(26)19(27)21(30-16)29-15-7-11-3-6-13(24)8-14(11)28-20(15)10-1-4-12(23)5-2-10/h10-27H,1-9H2/t10?,11?,12?,13?,14?,15?,16-,17-,18+,19-,20?,21-/m0/s1. The van der Waals surface area contributed by atoms with Crippen molar-refractivity contribution in [3.05, 3.63) is 0 Å². The van der Waals surface area contributed by atoms with Gasteiger partial charge in [-0.1, -0.05) is 0 Å². The molecule has 2 heterocycles. The van der Waals surface area contributed by atoms with E-state index < -0.39 is 37.3 Å². The van der Waals surface area contributed by atoms with E-state index in [-0.39, 0.29) is 42.4 Å². The Hall–Kier alpha value is -0.360. The average Bonchev–Trinajstić information content (AvgIpc) is 2.74. The van der Waals surface area contributed by atoms with Crippen LogP contribution in [0.2, 0.25) is 0 Å². The van der Waals surface area contributed by atoms with Gasteiger partial charge in [0.25, 0.3) is 0 Å². The van der Waals surface area contributed by atoms with Gasteiger partial charge in [-0.05, 0) is 63.2 Å². The zero-order valence-electron chi connectivity index (χ0n) is 17.2. The van der Waals surface area contributed by atoms with E-state index >= 15 is 0 Å². The zero-order chi connectivity index (χ0) is 21.4. The molecule has 2 saturated carbocycles. The largest absolute Gasteiger partial charge is 0.394 e. The van der Waals surface area contributed by atoms with Gasteiger partial charge in [-0.15, -0.1) is 0 Å². The van der Waals surface area contributed by atoms with Crippen molar-refractivity contribution in [1.29, 1.82) is 0 Å². The molecule has 0 aromatic rings. The molecule has 0 aromatic carbocycles. The van der Waals surface area contributed by atoms with Crippen molar-refractivity contribution in [3.8, 4) is 0 Å². The highest BCUT2D eigenvalue weighted by Gasteiger charge is 2.49. The Kier molecular flexibility index (Phi) is 7.33. The Morgan fingerprint density at radius 1 is 0.700 bits per heavy atom. The van der Waals surface area contributed by atoms with Crippen molar-refractivity contribution < 1.29 is 44.8 Å². The topological polar surface area (TPSA) is 149 Å². The molecule has 9 nitrogen and oxygen atoms in total. The second kappa shape index (κ2) is 9.64. The number of hydrogen-bond donors (Lipinski definition) is 6. The van der Waals surface area contributed by atoms with Crippen LogP contribution in [-0.4, -0.2) is 98.5 Å². The summed E-state index contributed by atoms with van der Waals surface area (Å²) in [5.74, 6) is 0.414. The minimum Gasteiger partial charge on any atom is -0.394 e. The molecule has 174 valence electrons. The van der Waals surface area contributed by atoms with Crippen molar-refractivity contribution in [3.63, 3.8) is 0 Å². The van der Waals surface area contributed by atoms with Crippen LogP contribution in [0.15, 0.2) is 0 Å². The van der Waals surface area contributed by atoms with Gasteiger partial charge in [0.15, 0.2) is 6.29 Å². The van der Waals surface area contributed by atoms with Crippen LogP contribution in [0.4, 0.5) is 0 Å². The third-order valence-corrected chi connectivity index (χ3v) is 7.50. The summed E-state index contributed by atoms with van der Waals surface area (Å²) in [6, 6.07) is 0. The summed E-state index contributed by atoms with van der Waals surface area (Å²) in [4.78, 5) is 0. The van der Waals surface area contributed by atoms with Gasteiger partial charge < -0.3 is 44.8 Å². The second-order valence-corrected chi connectivity index (χ2v) is 9.54. The first-order valence-corrected chi connectivity index (χ1v) is 11.3. The maximum atomic E-state index is 10.4. The van der Waals surface area contributed by atoms with Crippen molar-refractivity contribution >= 4 is 0 Å². The molecule has 6 N–H and O–H groups in total. The fourth-order valence-electron chi connectivity index (χ4n) is 5.66. The Morgan fingerprint density at radius 2 is 1.37 bits per heavy atom. The van der Waals surface area contributed by atoms with Gasteiger partial charge >= 0.3 is 0 Å². The number of fused-ring (bicyclic) bond motifs is 1. The van der Waals surface area contributed by atoms with Crippen LogP contribution in [0.1, 0.15) is 51.4 Å². The molecule has 4 aliphatic rings. The lowest BCUT2D eigenvalue weighted by Gasteiger charge is -2.49. The maximum absolute atomic E-state index is 10.4. The van der Waals surface area contributed by atoms with Crippen LogP contribution in [0.25, 0.3) is 0 Å². The normalized spacial score (nSPS) is 52.6. The quantitative estimate of drug-likeness (QED) is 0.330. The minimum absolute atomic E-state index is 0.0414. The van der Waals surface area contributed by atoms with E-state index in [1.54, 1.807) is 0 Å². The van der Waals surface area contributed by atoms with Crippen LogP contribution in [0, 0.1) is 11.8 Å². The first kappa shape index (κ1) is 22.8. The summed E-state index contributed by atoms with van der Waals surface area (Å²) in [7, 11) is 0. The highest BCUT2D eigenvalue weighted by atomic mass is 16.7. The lowest BCUT2D eigenvalue weighted by molar-refractivity contribution is -0.330. The predicted molar refractivity (Wildman–Crippen MR) is 103 cm³/mol. The molecule has 2 saturated heterocycles. The summed E-state index contributed by atoms with van der Waals surface area (Å²) in [6.45, 7) is -0.501. The van der Waals surface area contributed by atoms with Gasteiger partial charge in [-0.25, -0.2) is 0 Å². The molecule has 9 heteroatoms. The van der Waals surface area contributed by atoms with E-state index in [1.165, 1.54) is 0 Å². The van der Waals surface area contributed by atoms with Crippen molar-refractivity contribution in [1.82, 2.24) is 0 Å². The molecule has 0 spiro atoms. The first-order chi connectivity index (χ1) is 14.4. The molecule has 0 radical (unpaired) electrons. The Bertz CT molecular complexity index is 553. The molecule has 0 bridgehead atoms. The molecular weight excluding hydrogens is 396 g/mol. The van der Waals surface area contributed by atoms with E-state index in [9.17, 15) is 30.6 Å². The summed E-state index contributed by atoms with van der Waals surface area (Å²) in [5.41, 5.74) is 0. The zero-order valence-corrected chi connectivity index (χ0v) is 17.2. The number of rotatable bonds is 4. The van der Waals surface area contributed by atoms with Crippen molar-refractivity contribution in [2.24, 2.45) is 11.8 Å². The molecule has 0 amide bonds. The molecule has 5 unspecified atom stereocenters. The molecule has 4 fully saturated rings. The smallest absolute Gasteiger partial charge is 0.187 e. The number of ether oxygens (including phenoxy) is 3. The van der Waals surface area contributed by atoms with Crippen molar-refractivity contribution in [2.45, 2.75) is 113 Å². The maximum Gasteiger partial charge on any atom is 0.187 e. The lowest BCUT2D eigenvalue weighted by atomic mass is 9.74. The number of aliphatic hydroxyl groups excluding tert-OH is 6. The fraction of sp³-hybridized carbons (Fsp3) is 1.00. The van der Waals surface area contributed by atoms with Gasteiger partial charge in [0.2, 0.25) is 0 Å². The number of aliphatic hydroxyl groups is 6. The number of hydrogen-bond acceptors (Lipinski definition) is 9. The Labute approximate surface area is 176 Å². The van der Waals surface area contributed by atoms with Crippen LogP contribution >= 0.6 is 0 Å². The van der Waals surface area contributed by atoms with Gasteiger partial charge in [-0.2, -0.15) is 0 Å². The third-order valence-electron chi connectivity index (χ3n) is 7.50. The van der Waals surface area contributed by atoms with Crippen LogP contribution in [0.5, 0.6) is 0 Å². The summed E-state index contributed by atoms with van der Waals surface area (Å²) >= 11 is 0. The van der Waals surface area contributed by atoms with Gasteiger partial charge in [0.05, 0.1) is 37.1 Å². The third kappa shape index (κ3) is 4.69. The van der Waals surface area contributed by atoms with Gasteiger partial charge in [0.1, 0.15) is 24.4 Å².